The van der Waals surface area contributed by atoms with Gasteiger partial charge in [-0.2, -0.15) is 18.4 Å². The molecule has 0 amide bonds. The van der Waals surface area contributed by atoms with E-state index in [0.717, 1.165) is 12.1 Å². The van der Waals surface area contributed by atoms with Gasteiger partial charge in [-0.05, 0) is 23.8 Å². The summed E-state index contributed by atoms with van der Waals surface area (Å²) in [6, 6.07) is 10.2. The maximum Gasteiger partial charge on any atom is 0.416 e. The van der Waals surface area contributed by atoms with Crippen molar-refractivity contribution in [2.24, 2.45) is 0 Å². The molecule has 0 saturated carbocycles. The number of nitrogens with zero attached hydrogens (tertiary/aromatic N) is 1. The third kappa shape index (κ3) is 3.62. The maximum absolute atomic E-state index is 12.5. The van der Waals surface area contributed by atoms with E-state index in [1.165, 1.54) is 6.07 Å². The van der Waals surface area contributed by atoms with E-state index in [2.05, 4.69) is 5.32 Å². The molecule has 6 heteroatoms. The number of halogens is 3. The Labute approximate surface area is 113 Å². The molecule has 2 aromatic rings. The quantitative estimate of drug-likeness (QED) is 0.933. The van der Waals surface area contributed by atoms with Gasteiger partial charge in [-0.1, -0.05) is 18.2 Å². The van der Waals surface area contributed by atoms with Gasteiger partial charge >= 0.3 is 6.18 Å². The summed E-state index contributed by atoms with van der Waals surface area (Å²) in [6.45, 7) is 0.629. The number of hydrogen-bond acceptors (Lipinski definition) is 3. The molecule has 104 valence electrons. The van der Waals surface area contributed by atoms with E-state index in [9.17, 15) is 13.2 Å². The van der Waals surface area contributed by atoms with Gasteiger partial charge in [-0.15, -0.1) is 0 Å². The van der Waals surface area contributed by atoms with Crippen LogP contribution in [0.5, 0.6) is 0 Å². The molecule has 0 aliphatic heterocycles. The molecule has 0 spiro atoms. The third-order valence-corrected chi connectivity index (χ3v) is 2.65. The first kappa shape index (κ1) is 14.2. The first-order valence-corrected chi connectivity index (χ1v) is 5.85. The molecular weight excluding hydrogens is 269 g/mol. The van der Waals surface area contributed by atoms with E-state index in [4.69, 9.17) is 9.68 Å². The standard InChI is InChI=1S/C14H11F3N2O/c15-14(16,17)11-3-1-2-10(6-11)8-19-9-13-5-4-12(7-18)20-13/h1-6,19H,8-9H2. The molecule has 0 fully saturated rings. The second kappa shape index (κ2) is 5.80. The van der Waals surface area contributed by atoms with Gasteiger partial charge in [0.1, 0.15) is 11.8 Å². The Hall–Kier alpha value is -2.26. The fraction of sp³-hybridized carbons (Fsp3) is 0.214. The van der Waals surface area contributed by atoms with Crippen LogP contribution in [-0.4, -0.2) is 0 Å². The summed E-state index contributed by atoms with van der Waals surface area (Å²) in [5, 5.41) is 11.6. The topological polar surface area (TPSA) is 49.0 Å². The Morgan fingerprint density at radius 1 is 1.15 bits per heavy atom. The van der Waals surface area contributed by atoms with Gasteiger partial charge in [0.05, 0.1) is 12.1 Å². The van der Waals surface area contributed by atoms with Crippen molar-refractivity contribution in [1.82, 2.24) is 5.32 Å². The zero-order valence-electron chi connectivity index (χ0n) is 10.4. The van der Waals surface area contributed by atoms with E-state index >= 15 is 0 Å². The molecule has 0 atom stereocenters. The van der Waals surface area contributed by atoms with Crippen molar-refractivity contribution in [3.8, 4) is 6.07 Å². The lowest BCUT2D eigenvalue weighted by Gasteiger charge is -2.09. The van der Waals surface area contributed by atoms with Crippen molar-refractivity contribution in [3.05, 3.63) is 59.0 Å². The second-order valence-corrected chi connectivity index (χ2v) is 4.18. The van der Waals surface area contributed by atoms with E-state index in [1.54, 1.807) is 18.2 Å². The minimum absolute atomic E-state index is 0.209. The van der Waals surface area contributed by atoms with Crippen LogP contribution < -0.4 is 5.32 Å². The van der Waals surface area contributed by atoms with Crippen LogP contribution >= 0.6 is 0 Å². The van der Waals surface area contributed by atoms with Gasteiger partial charge in [0.15, 0.2) is 0 Å². The van der Waals surface area contributed by atoms with Gasteiger partial charge in [0, 0.05) is 6.54 Å². The molecule has 0 unspecified atom stereocenters. The number of nitrogens with one attached hydrogen (secondary N) is 1. The van der Waals surface area contributed by atoms with Crippen molar-refractivity contribution in [2.45, 2.75) is 19.3 Å². The number of nitriles is 1. The SMILES string of the molecule is N#Cc1ccc(CNCc2cccc(C(F)(F)F)c2)o1. The summed E-state index contributed by atoms with van der Waals surface area (Å²) in [6.07, 6.45) is -4.33. The number of alkyl halides is 3. The van der Waals surface area contributed by atoms with Crippen LogP contribution in [0.1, 0.15) is 22.6 Å². The molecule has 1 aromatic carbocycles. The number of rotatable bonds is 4. The van der Waals surface area contributed by atoms with Gasteiger partial charge in [-0.3, -0.25) is 0 Å². The monoisotopic (exact) mass is 280 g/mol. The molecule has 0 aliphatic carbocycles. The summed E-state index contributed by atoms with van der Waals surface area (Å²) in [5.41, 5.74) is -0.131. The summed E-state index contributed by atoms with van der Waals surface area (Å²) in [4.78, 5) is 0. The number of furan rings is 1. The third-order valence-electron chi connectivity index (χ3n) is 2.65. The zero-order chi connectivity index (χ0) is 14.6. The van der Waals surface area contributed by atoms with Gasteiger partial charge in [-0.25, -0.2) is 0 Å². The smallest absolute Gasteiger partial charge is 0.416 e. The summed E-state index contributed by atoms with van der Waals surface area (Å²) in [7, 11) is 0. The van der Waals surface area contributed by atoms with Crippen molar-refractivity contribution >= 4 is 0 Å². The number of hydrogen-bond donors (Lipinski definition) is 1. The molecule has 0 bridgehead atoms. The van der Waals surface area contributed by atoms with E-state index in [0.29, 0.717) is 17.9 Å². The average Bonchev–Trinajstić information content (AvgIpc) is 2.86. The predicted octanol–water partition coefficient (Wildman–Crippen LogP) is 3.46. The number of benzene rings is 1. The Bertz CT molecular complexity index is 626. The lowest BCUT2D eigenvalue weighted by Crippen LogP contribution is -2.13. The molecule has 0 radical (unpaired) electrons. The zero-order valence-corrected chi connectivity index (χ0v) is 10.4. The molecule has 1 aromatic heterocycles. The highest BCUT2D eigenvalue weighted by Gasteiger charge is 2.30. The molecule has 1 heterocycles. The van der Waals surface area contributed by atoms with E-state index in [1.807, 2.05) is 6.07 Å². The minimum Gasteiger partial charge on any atom is -0.449 e. The molecule has 0 saturated heterocycles. The van der Waals surface area contributed by atoms with Crippen molar-refractivity contribution < 1.29 is 17.6 Å². The van der Waals surface area contributed by atoms with E-state index < -0.39 is 11.7 Å². The van der Waals surface area contributed by atoms with Gasteiger partial charge < -0.3 is 9.73 Å². The van der Waals surface area contributed by atoms with Crippen LogP contribution in [0.4, 0.5) is 13.2 Å². The Morgan fingerprint density at radius 3 is 2.60 bits per heavy atom. The Morgan fingerprint density at radius 2 is 1.95 bits per heavy atom. The lowest BCUT2D eigenvalue weighted by atomic mass is 10.1. The summed E-state index contributed by atoms with van der Waals surface area (Å²) in [5.74, 6) is 0.773. The average molecular weight is 280 g/mol. The first-order chi connectivity index (χ1) is 9.49. The molecule has 3 nitrogen and oxygen atoms in total. The molecular formula is C14H11F3N2O. The van der Waals surface area contributed by atoms with Crippen molar-refractivity contribution in [1.29, 1.82) is 5.26 Å². The van der Waals surface area contributed by atoms with E-state index in [-0.39, 0.29) is 12.3 Å². The highest BCUT2D eigenvalue weighted by molar-refractivity contribution is 5.25. The van der Waals surface area contributed by atoms with Crippen LogP contribution in [0.3, 0.4) is 0 Å². The fourth-order valence-electron chi connectivity index (χ4n) is 1.72. The lowest BCUT2D eigenvalue weighted by molar-refractivity contribution is -0.137. The maximum atomic E-state index is 12.5. The molecule has 20 heavy (non-hydrogen) atoms. The summed E-state index contributed by atoms with van der Waals surface area (Å²) < 4.78 is 42.7. The first-order valence-electron chi connectivity index (χ1n) is 5.85. The second-order valence-electron chi connectivity index (χ2n) is 4.18. The fourth-order valence-corrected chi connectivity index (χ4v) is 1.72. The van der Waals surface area contributed by atoms with Crippen LogP contribution in [0, 0.1) is 11.3 Å². The molecule has 0 aliphatic rings. The van der Waals surface area contributed by atoms with Crippen LogP contribution in [0.15, 0.2) is 40.8 Å². The Kier molecular flexibility index (Phi) is 4.11. The largest absolute Gasteiger partial charge is 0.449 e. The minimum atomic E-state index is -4.33. The summed E-state index contributed by atoms with van der Waals surface area (Å²) >= 11 is 0. The molecule has 2 rings (SSSR count). The van der Waals surface area contributed by atoms with Crippen molar-refractivity contribution in [2.75, 3.05) is 0 Å². The highest BCUT2D eigenvalue weighted by atomic mass is 19.4. The predicted molar refractivity (Wildman–Crippen MR) is 65.4 cm³/mol. The van der Waals surface area contributed by atoms with Gasteiger partial charge in [0.25, 0.3) is 0 Å². The van der Waals surface area contributed by atoms with Gasteiger partial charge in [0.2, 0.25) is 5.76 Å². The van der Waals surface area contributed by atoms with Crippen molar-refractivity contribution in [3.63, 3.8) is 0 Å². The Balaban J connectivity index is 1.93. The highest BCUT2D eigenvalue weighted by Crippen LogP contribution is 2.29. The normalized spacial score (nSPS) is 11.3. The molecule has 1 N–H and O–H groups in total. The van der Waals surface area contributed by atoms with Crippen LogP contribution in [0.25, 0.3) is 0 Å². The van der Waals surface area contributed by atoms with Crippen LogP contribution in [-0.2, 0) is 19.3 Å². The van der Waals surface area contributed by atoms with Crippen LogP contribution in [0.2, 0.25) is 0 Å².